The summed E-state index contributed by atoms with van der Waals surface area (Å²) in [4.78, 5) is 3.50. The first kappa shape index (κ1) is 22.3. The van der Waals surface area contributed by atoms with E-state index in [1.54, 1.807) is 7.11 Å². The van der Waals surface area contributed by atoms with E-state index in [2.05, 4.69) is 78.1 Å². The predicted octanol–water partition coefficient (Wildman–Crippen LogP) is 7.96. The number of methoxy groups -OCH3 is 1. The van der Waals surface area contributed by atoms with Crippen molar-refractivity contribution >= 4 is 26.8 Å². The summed E-state index contributed by atoms with van der Waals surface area (Å²) in [5, 5.41) is 1.13. The Hall–Kier alpha value is -1.74. The third kappa shape index (κ3) is 4.91. The zero-order valence-electron chi connectivity index (χ0n) is 17.3. The van der Waals surface area contributed by atoms with Crippen LogP contribution >= 0.6 is 15.9 Å². The van der Waals surface area contributed by atoms with Crippen molar-refractivity contribution in [3.63, 3.8) is 0 Å². The van der Waals surface area contributed by atoms with Crippen molar-refractivity contribution in [3.05, 3.63) is 52.5 Å². The molecule has 0 aliphatic heterocycles. The van der Waals surface area contributed by atoms with Gasteiger partial charge in [0.2, 0.25) is 0 Å². The van der Waals surface area contributed by atoms with Crippen molar-refractivity contribution in [1.82, 2.24) is 4.98 Å². The van der Waals surface area contributed by atoms with Crippen LogP contribution in [0, 0.1) is 0 Å². The van der Waals surface area contributed by atoms with Crippen LogP contribution in [0.3, 0.4) is 0 Å². The molecule has 26 heavy (non-hydrogen) atoms. The van der Waals surface area contributed by atoms with Crippen molar-refractivity contribution in [2.45, 2.75) is 53.9 Å². The Labute approximate surface area is 167 Å². The second-order valence-corrected chi connectivity index (χ2v) is 7.35. The van der Waals surface area contributed by atoms with Gasteiger partial charge in [0.15, 0.2) is 0 Å². The molecule has 0 saturated carbocycles. The van der Waals surface area contributed by atoms with Gasteiger partial charge in [-0.15, -0.1) is 0 Å². The fourth-order valence-corrected chi connectivity index (χ4v) is 3.24. The van der Waals surface area contributed by atoms with E-state index in [1.165, 1.54) is 11.1 Å². The minimum Gasteiger partial charge on any atom is -0.496 e. The topological polar surface area (TPSA) is 25.0 Å². The zero-order chi connectivity index (χ0) is 19.9. The molecule has 2 aromatic carbocycles. The molecule has 0 radical (unpaired) electrons. The van der Waals surface area contributed by atoms with Gasteiger partial charge in [-0.05, 0) is 56.7 Å². The van der Waals surface area contributed by atoms with Crippen LogP contribution in [0.15, 0.2) is 46.9 Å². The summed E-state index contributed by atoms with van der Waals surface area (Å²) in [5.41, 5.74) is 4.90. The average molecular weight is 418 g/mol. The SMILES string of the molecule is CC.CC.COc1ccc2[nH]c(-c3cccc(C(C)(C)C)c3)cc2c1Br. The van der Waals surface area contributed by atoms with E-state index in [0.29, 0.717) is 0 Å². The molecule has 0 saturated heterocycles. The molecule has 0 spiro atoms. The van der Waals surface area contributed by atoms with Crippen LogP contribution in [0.2, 0.25) is 0 Å². The highest BCUT2D eigenvalue weighted by Gasteiger charge is 2.15. The largest absolute Gasteiger partial charge is 0.496 e. The number of benzene rings is 2. The van der Waals surface area contributed by atoms with Crippen LogP contribution in [0.1, 0.15) is 54.0 Å². The summed E-state index contributed by atoms with van der Waals surface area (Å²) < 4.78 is 6.36. The number of H-pyrrole nitrogens is 1. The molecular weight excluding hydrogens is 386 g/mol. The van der Waals surface area contributed by atoms with Crippen molar-refractivity contribution < 1.29 is 4.74 Å². The van der Waals surface area contributed by atoms with Crippen molar-refractivity contribution in [1.29, 1.82) is 0 Å². The number of aromatic nitrogens is 1. The lowest BCUT2D eigenvalue weighted by Crippen LogP contribution is -2.10. The summed E-state index contributed by atoms with van der Waals surface area (Å²) in [6.45, 7) is 14.7. The molecular formula is C23H32BrNO. The fraction of sp³-hybridized carbons (Fsp3) is 0.391. The van der Waals surface area contributed by atoms with Crippen LogP contribution in [0.4, 0.5) is 0 Å². The first-order valence-electron chi connectivity index (χ1n) is 9.36. The number of hydrogen-bond donors (Lipinski definition) is 1. The van der Waals surface area contributed by atoms with Gasteiger partial charge in [0.05, 0.1) is 11.6 Å². The van der Waals surface area contributed by atoms with E-state index in [9.17, 15) is 0 Å². The molecule has 1 heterocycles. The van der Waals surface area contributed by atoms with Gasteiger partial charge in [0.1, 0.15) is 5.75 Å². The van der Waals surface area contributed by atoms with E-state index in [-0.39, 0.29) is 5.41 Å². The monoisotopic (exact) mass is 417 g/mol. The van der Waals surface area contributed by atoms with Crippen molar-refractivity contribution in [2.24, 2.45) is 0 Å². The van der Waals surface area contributed by atoms with Gasteiger partial charge >= 0.3 is 0 Å². The Morgan fingerprint density at radius 1 is 0.923 bits per heavy atom. The lowest BCUT2D eigenvalue weighted by Gasteiger charge is -2.19. The molecule has 1 aromatic heterocycles. The molecule has 3 heteroatoms. The normalized spacial score (nSPS) is 10.5. The van der Waals surface area contributed by atoms with Crippen LogP contribution in [0.25, 0.3) is 22.2 Å². The molecule has 0 unspecified atom stereocenters. The number of nitrogens with one attached hydrogen (secondary N) is 1. The molecule has 0 bridgehead atoms. The molecule has 0 aliphatic rings. The Kier molecular flexibility index (Phi) is 8.42. The summed E-state index contributed by atoms with van der Waals surface area (Å²) in [6, 6.07) is 14.9. The van der Waals surface area contributed by atoms with Gasteiger partial charge in [-0.25, -0.2) is 0 Å². The van der Waals surface area contributed by atoms with Gasteiger partial charge in [-0.2, -0.15) is 0 Å². The smallest absolute Gasteiger partial charge is 0.133 e. The van der Waals surface area contributed by atoms with Gasteiger partial charge in [-0.3, -0.25) is 0 Å². The lowest BCUT2D eigenvalue weighted by molar-refractivity contribution is 0.413. The van der Waals surface area contributed by atoms with Crippen molar-refractivity contribution in [2.75, 3.05) is 7.11 Å². The van der Waals surface area contributed by atoms with Gasteiger partial charge in [-0.1, -0.05) is 66.7 Å². The van der Waals surface area contributed by atoms with Gasteiger partial charge < -0.3 is 9.72 Å². The van der Waals surface area contributed by atoms with Crippen LogP contribution < -0.4 is 4.74 Å². The zero-order valence-corrected chi connectivity index (χ0v) is 18.9. The highest BCUT2D eigenvalue weighted by Crippen LogP contribution is 2.36. The predicted molar refractivity (Wildman–Crippen MR) is 119 cm³/mol. The Morgan fingerprint density at radius 3 is 2.15 bits per heavy atom. The first-order chi connectivity index (χ1) is 12.4. The van der Waals surface area contributed by atoms with E-state index < -0.39 is 0 Å². The molecule has 142 valence electrons. The highest BCUT2D eigenvalue weighted by molar-refractivity contribution is 9.10. The van der Waals surface area contributed by atoms with Crippen molar-refractivity contribution in [3.8, 4) is 17.0 Å². The van der Waals surface area contributed by atoms with Gasteiger partial charge in [0.25, 0.3) is 0 Å². The molecule has 0 amide bonds. The van der Waals surface area contributed by atoms with E-state index >= 15 is 0 Å². The molecule has 0 atom stereocenters. The number of halogens is 1. The Morgan fingerprint density at radius 2 is 1.58 bits per heavy atom. The molecule has 0 fully saturated rings. The standard InChI is InChI=1S/C19H20BrNO.2C2H6/c1-19(2,3)13-7-5-6-12(10-13)16-11-14-15(21-16)8-9-17(22-4)18(14)20;2*1-2/h5-11,21H,1-4H3;2*1-2H3. The number of rotatable bonds is 2. The second kappa shape index (κ2) is 9.82. The third-order valence-corrected chi connectivity index (χ3v) is 4.78. The maximum absolute atomic E-state index is 5.37. The minimum absolute atomic E-state index is 0.145. The lowest BCUT2D eigenvalue weighted by atomic mass is 9.86. The number of ether oxygens (including phenoxy) is 1. The maximum atomic E-state index is 5.37. The molecule has 3 aromatic rings. The highest BCUT2D eigenvalue weighted by atomic mass is 79.9. The van der Waals surface area contributed by atoms with Crippen LogP contribution in [-0.2, 0) is 5.41 Å². The maximum Gasteiger partial charge on any atom is 0.133 e. The Bertz CT molecular complexity index is 828. The van der Waals surface area contributed by atoms with E-state index in [1.807, 2.05) is 33.8 Å². The number of hydrogen-bond acceptors (Lipinski definition) is 1. The van der Waals surface area contributed by atoms with E-state index in [4.69, 9.17) is 4.74 Å². The average Bonchev–Trinajstić information content (AvgIpc) is 3.10. The molecule has 2 nitrogen and oxygen atoms in total. The fourth-order valence-electron chi connectivity index (χ4n) is 2.61. The molecule has 0 aliphatic carbocycles. The summed E-state index contributed by atoms with van der Waals surface area (Å²) in [5.74, 6) is 0.849. The summed E-state index contributed by atoms with van der Waals surface area (Å²) in [6.07, 6.45) is 0. The number of fused-ring (bicyclic) bond motifs is 1. The molecule has 3 rings (SSSR count). The second-order valence-electron chi connectivity index (χ2n) is 6.56. The summed E-state index contributed by atoms with van der Waals surface area (Å²) >= 11 is 3.63. The van der Waals surface area contributed by atoms with Crippen LogP contribution in [-0.4, -0.2) is 12.1 Å². The van der Waals surface area contributed by atoms with E-state index in [0.717, 1.165) is 26.8 Å². The number of aromatic amines is 1. The van der Waals surface area contributed by atoms with Gasteiger partial charge in [0, 0.05) is 16.6 Å². The molecule has 1 N–H and O–H groups in total. The minimum atomic E-state index is 0.145. The third-order valence-electron chi connectivity index (χ3n) is 3.96. The first-order valence-corrected chi connectivity index (χ1v) is 10.2. The summed E-state index contributed by atoms with van der Waals surface area (Å²) in [7, 11) is 1.69. The van der Waals surface area contributed by atoms with Crippen LogP contribution in [0.5, 0.6) is 5.75 Å². The Balaban J connectivity index is 0.000000791. The quantitative estimate of drug-likeness (QED) is 0.449.